The van der Waals surface area contributed by atoms with Gasteiger partial charge in [0.25, 0.3) is 0 Å². The third-order valence-electron chi connectivity index (χ3n) is 2.33. The number of hydrogen-bond donors (Lipinski definition) is 2. The molecule has 0 saturated carbocycles. The third kappa shape index (κ3) is 4.01. The van der Waals surface area contributed by atoms with Gasteiger partial charge in [-0.3, -0.25) is 4.79 Å². The molecule has 0 radical (unpaired) electrons. The summed E-state index contributed by atoms with van der Waals surface area (Å²) >= 11 is 0. The molecule has 1 rings (SSSR count). The highest BCUT2D eigenvalue weighted by Gasteiger charge is 2.13. The Balaban J connectivity index is 2.73. The lowest BCUT2D eigenvalue weighted by Gasteiger charge is -2.13. The minimum absolute atomic E-state index is 0.214. The Kier molecular flexibility index (Phi) is 5.39. The van der Waals surface area contributed by atoms with Crippen molar-refractivity contribution in [2.45, 2.75) is 19.1 Å². The van der Waals surface area contributed by atoms with Crippen LogP contribution in [0.4, 0.5) is 5.69 Å². The highest BCUT2D eigenvalue weighted by Crippen LogP contribution is 2.16. The van der Waals surface area contributed by atoms with Gasteiger partial charge in [0, 0.05) is 18.4 Å². The number of para-hydroxylation sites is 1. The Morgan fingerprint density at radius 1 is 1.59 bits per heavy atom. The van der Waals surface area contributed by atoms with E-state index in [0.717, 1.165) is 11.3 Å². The van der Waals surface area contributed by atoms with E-state index in [1.165, 1.54) is 0 Å². The average Bonchev–Trinajstić information content (AvgIpc) is 2.32. The van der Waals surface area contributed by atoms with Gasteiger partial charge in [-0.15, -0.1) is 6.58 Å². The molecule has 0 heterocycles. The summed E-state index contributed by atoms with van der Waals surface area (Å²) in [5.41, 5.74) is 7.35. The van der Waals surface area contributed by atoms with Crippen molar-refractivity contribution in [1.82, 2.24) is 0 Å². The molecule has 4 nitrogen and oxygen atoms in total. The van der Waals surface area contributed by atoms with Gasteiger partial charge >= 0.3 is 0 Å². The van der Waals surface area contributed by atoms with Gasteiger partial charge < -0.3 is 15.8 Å². The van der Waals surface area contributed by atoms with E-state index in [4.69, 9.17) is 10.5 Å². The highest BCUT2D eigenvalue weighted by atomic mass is 16.5. The topological polar surface area (TPSA) is 64.4 Å². The number of carbonyl (C=O) groups is 1. The molecule has 3 N–H and O–H groups in total. The van der Waals surface area contributed by atoms with Crippen molar-refractivity contribution >= 4 is 11.6 Å². The minimum Gasteiger partial charge on any atom is -0.380 e. The normalized spacial score (nSPS) is 11.9. The molecule has 0 aliphatic carbocycles. The lowest BCUT2D eigenvalue weighted by molar-refractivity contribution is -0.117. The van der Waals surface area contributed by atoms with Crippen LogP contribution in [0.5, 0.6) is 0 Å². The summed E-state index contributed by atoms with van der Waals surface area (Å²) in [4.78, 5) is 11.7. The molecule has 92 valence electrons. The van der Waals surface area contributed by atoms with E-state index in [-0.39, 0.29) is 5.91 Å². The van der Waals surface area contributed by atoms with Gasteiger partial charge in [0.2, 0.25) is 5.91 Å². The van der Waals surface area contributed by atoms with Crippen LogP contribution in [-0.2, 0) is 16.1 Å². The number of rotatable bonds is 6. The fraction of sp³-hybridized carbons (Fsp3) is 0.308. The van der Waals surface area contributed by atoms with Crippen molar-refractivity contribution in [3.63, 3.8) is 0 Å². The van der Waals surface area contributed by atoms with E-state index in [1.807, 2.05) is 24.3 Å². The van der Waals surface area contributed by atoms with Crippen molar-refractivity contribution in [1.29, 1.82) is 0 Å². The summed E-state index contributed by atoms with van der Waals surface area (Å²) in [6.07, 6.45) is 2.09. The maximum absolute atomic E-state index is 11.7. The van der Waals surface area contributed by atoms with Crippen molar-refractivity contribution in [2.75, 3.05) is 12.4 Å². The smallest absolute Gasteiger partial charge is 0.241 e. The lowest BCUT2D eigenvalue weighted by Crippen LogP contribution is -2.35. The summed E-state index contributed by atoms with van der Waals surface area (Å²) in [5, 5.41) is 2.79. The van der Waals surface area contributed by atoms with Crippen molar-refractivity contribution in [2.24, 2.45) is 5.73 Å². The molecule has 17 heavy (non-hydrogen) atoms. The van der Waals surface area contributed by atoms with E-state index in [9.17, 15) is 4.79 Å². The first-order valence-corrected chi connectivity index (χ1v) is 5.43. The zero-order chi connectivity index (χ0) is 12.7. The van der Waals surface area contributed by atoms with E-state index in [2.05, 4.69) is 11.9 Å². The van der Waals surface area contributed by atoms with Gasteiger partial charge in [-0.2, -0.15) is 0 Å². The summed E-state index contributed by atoms with van der Waals surface area (Å²) in [7, 11) is 1.61. The quantitative estimate of drug-likeness (QED) is 0.736. The second-order valence-electron chi connectivity index (χ2n) is 3.71. The minimum atomic E-state index is -0.567. The van der Waals surface area contributed by atoms with Gasteiger partial charge in [-0.05, 0) is 12.5 Å². The van der Waals surface area contributed by atoms with Crippen LogP contribution in [-0.4, -0.2) is 19.1 Å². The third-order valence-corrected chi connectivity index (χ3v) is 2.33. The molecule has 1 aromatic carbocycles. The van der Waals surface area contributed by atoms with Crippen LogP contribution in [0.25, 0.3) is 0 Å². The van der Waals surface area contributed by atoms with Crippen molar-refractivity contribution in [3.8, 4) is 0 Å². The first-order valence-electron chi connectivity index (χ1n) is 5.43. The lowest BCUT2D eigenvalue weighted by atomic mass is 10.1. The average molecular weight is 234 g/mol. The number of benzene rings is 1. The molecule has 0 aromatic heterocycles. The van der Waals surface area contributed by atoms with Crippen LogP contribution in [0.1, 0.15) is 12.0 Å². The molecule has 4 heteroatoms. The van der Waals surface area contributed by atoms with E-state index < -0.39 is 6.04 Å². The number of amides is 1. The molecule has 1 aromatic rings. The molecular weight excluding hydrogens is 216 g/mol. The molecule has 1 unspecified atom stereocenters. The number of nitrogens with one attached hydrogen (secondary N) is 1. The van der Waals surface area contributed by atoms with Crippen LogP contribution in [0.15, 0.2) is 36.9 Å². The van der Waals surface area contributed by atoms with Crippen LogP contribution < -0.4 is 11.1 Å². The zero-order valence-electron chi connectivity index (χ0n) is 9.98. The van der Waals surface area contributed by atoms with E-state index >= 15 is 0 Å². The maximum Gasteiger partial charge on any atom is 0.241 e. The number of ether oxygens (including phenoxy) is 1. The molecule has 0 fully saturated rings. The molecule has 1 atom stereocenters. The Hall–Kier alpha value is -1.65. The monoisotopic (exact) mass is 234 g/mol. The van der Waals surface area contributed by atoms with Gasteiger partial charge in [0.1, 0.15) is 0 Å². The Morgan fingerprint density at radius 3 is 2.94 bits per heavy atom. The zero-order valence-corrected chi connectivity index (χ0v) is 9.98. The van der Waals surface area contributed by atoms with E-state index in [0.29, 0.717) is 13.0 Å². The molecule has 0 aliphatic heterocycles. The Bertz CT molecular complexity index is 391. The number of carbonyl (C=O) groups excluding carboxylic acids is 1. The second kappa shape index (κ2) is 6.83. The van der Waals surface area contributed by atoms with Crippen LogP contribution in [0.2, 0.25) is 0 Å². The largest absolute Gasteiger partial charge is 0.380 e. The number of hydrogen-bond acceptors (Lipinski definition) is 3. The van der Waals surface area contributed by atoms with Crippen LogP contribution in [0, 0.1) is 0 Å². The van der Waals surface area contributed by atoms with Crippen LogP contribution >= 0.6 is 0 Å². The predicted octanol–water partition coefficient (Wildman–Crippen LogP) is 1.67. The Labute approximate surface area is 101 Å². The summed E-state index contributed by atoms with van der Waals surface area (Å²) in [6, 6.07) is 6.91. The SMILES string of the molecule is C=CCC(N)C(=O)Nc1ccccc1COC. The summed E-state index contributed by atoms with van der Waals surface area (Å²) in [6.45, 7) is 4.01. The maximum atomic E-state index is 11.7. The molecule has 1 amide bonds. The number of methoxy groups -OCH3 is 1. The van der Waals surface area contributed by atoms with Gasteiger partial charge in [-0.25, -0.2) is 0 Å². The second-order valence-corrected chi connectivity index (χ2v) is 3.71. The van der Waals surface area contributed by atoms with Gasteiger partial charge in [0.15, 0.2) is 0 Å². The molecular formula is C13H18N2O2. The molecule has 0 bridgehead atoms. The fourth-order valence-electron chi connectivity index (χ4n) is 1.44. The van der Waals surface area contributed by atoms with Gasteiger partial charge in [-0.1, -0.05) is 24.3 Å². The van der Waals surface area contributed by atoms with Gasteiger partial charge in [0.05, 0.1) is 12.6 Å². The fourth-order valence-corrected chi connectivity index (χ4v) is 1.44. The first-order chi connectivity index (χ1) is 8.19. The molecule has 0 saturated heterocycles. The predicted molar refractivity (Wildman–Crippen MR) is 68.6 cm³/mol. The van der Waals surface area contributed by atoms with Crippen LogP contribution in [0.3, 0.4) is 0 Å². The molecule has 0 aliphatic rings. The number of nitrogens with two attached hydrogens (primary N) is 1. The molecule has 0 spiro atoms. The summed E-state index contributed by atoms with van der Waals surface area (Å²) in [5.74, 6) is -0.214. The first kappa shape index (κ1) is 13.4. The highest BCUT2D eigenvalue weighted by molar-refractivity contribution is 5.95. The Morgan fingerprint density at radius 2 is 2.29 bits per heavy atom. The standard InChI is InChI=1S/C13H18N2O2/c1-3-6-11(14)13(16)15-12-8-5-4-7-10(12)9-17-2/h3-5,7-8,11H,1,6,9,14H2,2H3,(H,15,16). The number of anilines is 1. The summed E-state index contributed by atoms with van der Waals surface area (Å²) < 4.78 is 5.06. The van der Waals surface area contributed by atoms with E-state index in [1.54, 1.807) is 13.2 Å². The van der Waals surface area contributed by atoms with Crippen molar-refractivity contribution in [3.05, 3.63) is 42.5 Å². The van der Waals surface area contributed by atoms with Crippen molar-refractivity contribution < 1.29 is 9.53 Å².